The molecule has 1 aliphatic rings. The topological polar surface area (TPSA) is 84.9 Å². The summed E-state index contributed by atoms with van der Waals surface area (Å²) >= 11 is 3.58. The van der Waals surface area contributed by atoms with Crippen LogP contribution in [0.4, 0.5) is 0 Å². The Bertz CT molecular complexity index is 785. The molecule has 1 saturated heterocycles. The molecule has 9 heteroatoms. The highest BCUT2D eigenvalue weighted by molar-refractivity contribution is 9.10. The molecule has 7 nitrogen and oxygen atoms in total. The predicted molar refractivity (Wildman–Crippen MR) is 113 cm³/mol. The molecule has 1 N–H and O–H groups in total. The van der Waals surface area contributed by atoms with Crippen LogP contribution in [0.5, 0.6) is 11.5 Å². The van der Waals surface area contributed by atoms with Gasteiger partial charge in [-0.05, 0) is 44.5 Å². The molecule has 0 aliphatic carbocycles. The predicted octanol–water partition coefficient (Wildman–Crippen LogP) is 2.37. The summed E-state index contributed by atoms with van der Waals surface area (Å²) in [4.78, 5) is 14.4. The SMILES string of the molecule is CCOc1cc(Br)c(CN(CC)CC(=O)NC2CCS(=O)(=O)C2)cc1OCC. The Hall–Kier alpha value is -1.32. The molecule has 0 aromatic heterocycles. The normalized spacial score (nSPS) is 18.2. The largest absolute Gasteiger partial charge is 0.490 e. The summed E-state index contributed by atoms with van der Waals surface area (Å²) < 4.78 is 35.3. The molecule has 1 fully saturated rings. The zero-order valence-electron chi connectivity index (χ0n) is 16.7. The van der Waals surface area contributed by atoms with E-state index in [1.807, 2.05) is 37.8 Å². The molecular weight excluding hydrogens is 448 g/mol. The molecule has 1 aliphatic heterocycles. The van der Waals surface area contributed by atoms with E-state index in [0.29, 0.717) is 44.2 Å². The molecule has 0 spiro atoms. The van der Waals surface area contributed by atoms with Gasteiger partial charge in [-0.1, -0.05) is 22.9 Å². The lowest BCUT2D eigenvalue weighted by Crippen LogP contribution is -2.42. The average molecular weight is 477 g/mol. The van der Waals surface area contributed by atoms with E-state index in [1.54, 1.807) is 0 Å². The number of carbonyl (C=O) groups is 1. The summed E-state index contributed by atoms with van der Waals surface area (Å²) in [5.74, 6) is 1.39. The third-order valence-electron chi connectivity index (χ3n) is 4.52. The first-order valence-electron chi connectivity index (χ1n) is 9.58. The molecule has 1 atom stereocenters. The highest BCUT2D eigenvalue weighted by atomic mass is 79.9. The van der Waals surface area contributed by atoms with E-state index in [9.17, 15) is 13.2 Å². The Morgan fingerprint density at radius 3 is 2.39 bits per heavy atom. The summed E-state index contributed by atoms with van der Waals surface area (Å²) in [6.07, 6.45) is 0.488. The Labute approximate surface area is 175 Å². The van der Waals surface area contributed by atoms with E-state index in [4.69, 9.17) is 9.47 Å². The number of benzene rings is 1. The van der Waals surface area contributed by atoms with Crippen molar-refractivity contribution in [1.82, 2.24) is 10.2 Å². The number of hydrogen-bond donors (Lipinski definition) is 1. The van der Waals surface area contributed by atoms with Gasteiger partial charge in [0.25, 0.3) is 0 Å². The van der Waals surface area contributed by atoms with Gasteiger partial charge in [-0.15, -0.1) is 0 Å². The summed E-state index contributed by atoms with van der Waals surface area (Å²) in [7, 11) is -3.01. The second-order valence-corrected chi connectivity index (χ2v) is 9.81. The number of halogens is 1. The fourth-order valence-electron chi connectivity index (χ4n) is 3.14. The number of likely N-dealkylation sites (N-methyl/N-ethyl adjacent to an activating group) is 1. The van der Waals surface area contributed by atoms with Crippen LogP contribution in [0.15, 0.2) is 16.6 Å². The standard InChI is InChI=1S/C19H29BrN2O5S/c1-4-22(12-19(23)21-15-7-8-28(24,25)13-15)11-14-9-17(26-5-2)18(27-6-3)10-16(14)20/h9-10,15H,4-8,11-13H2,1-3H3,(H,21,23). The highest BCUT2D eigenvalue weighted by Crippen LogP contribution is 2.34. The van der Waals surface area contributed by atoms with Gasteiger partial charge in [0.05, 0.1) is 31.3 Å². The maximum atomic E-state index is 12.4. The van der Waals surface area contributed by atoms with E-state index in [0.717, 1.165) is 10.0 Å². The van der Waals surface area contributed by atoms with Gasteiger partial charge in [-0.3, -0.25) is 9.69 Å². The molecule has 1 unspecified atom stereocenters. The van der Waals surface area contributed by atoms with Gasteiger partial charge in [-0.25, -0.2) is 8.42 Å². The number of amides is 1. The Kier molecular flexibility index (Phi) is 8.57. The van der Waals surface area contributed by atoms with E-state index in [1.165, 1.54) is 0 Å². The molecule has 28 heavy (non-hydrogen) atoms. The molecule has 158 valence electrons. The first kappa shape index (κ1) is 23.0. The zero-order chi connectivity index (χ0) is 20.7. The third-order valence-corrected chi connectivity index (χ3v) is 7.02. The molecule has 2 rings (SSSR count). The van der Waals surface area contributed by atoms with Crippen molar-refractivity contribution < 1.29 is 22.7 Å². The van der Waals surface area contributed by atoms with Gasteiger partial charge in [0.15, 0.2) is 21.3 Å². The number of rotatable bonds is 10. The van der Waals surface area contributed by atoms with Gasteiger partial charge < -0.3 is 14.8 Å². The first-order valence-corrected chi connectivity index (χ1v) is 12.2. The fourth-order valence-corrected chi connectivity index (χ4v) is 5.26. The second kappa shape index (κ2) is 10.5. The van der Waals surface area contributed by atoms with Crippen LogP contribution in [-0.4, -0.2) is 63.1 Å². The molecule has 1 heterocycles. The van der Waals surface area contributed by atoms with E-state index in [2.05, 4.69) is 21.2 Å². The second-order valence-electron chi connectivity index (χ2n) is 6.73. The maximum Gasteiger partial charge on any atom is 0.234 e. The van der Waals surface area contributed by atoms with E-state index < -0.39 is 9.84 Å². The van der Waals surface area contributed by atoms with E-state index in [-0.39, 0.29) is 30.0 Å². The highest BCUT2D eigenvalue weighted by Gasteiger charge is 2.29. The van der Waals surface area contributed by atoms with Gasteiger partial charge >= 0.3 is 0 Å². The number of carbonyl (C=O) groups excluding carboxylic acids is 1. The van der Waals surface area contributed by atoms with Crippen LogP contribution < -0.4 is 14.8 Å². The lowest BCUT2D eigenvalue weighted by atomic mass is 10.2. The molecule has 1 amide bonds. The maximum absolute atomic E-state index is 12.4. The first-order chi connectivity index (χ1) is 13.3. The number of nitrogens with zero attached hydrogens (tertiary/aromatic N) is 1. The summed E-state index contributed by atoms with van der Waals surface area (Å²) in [6, 6.07) is 3.54. The van der Waals surface area contributed by atoms with Crippen molar-refractivity contribution in [2.24, 2.45) is 0 Å². The Balaban J connectivity index is 2.03. The molecule has 1 aromatic rings. The average Bonchev–Trinajstić information content (AvgIpc) is 2.96. The van der Waals surface area contributed by atoms with Gasteiger partial charge in [0.2, 0.25) is 5.91 Å². The molecular formula is C19H29BrN2O5S. The minimum Gasteiger partial charge on any atom is -0.490 e. The number of nitrogens with one attached hydrogen (secondary N) is 1. The van der Waals surface area contributed by atoms with Crippen LogP contribution in [0.1, 0.15) is 32.8 Å². The van der Waals surface area contributed by atoms with Crippen molar-refractivity contribution in [3.8, 4) is 11.5 Å². The third kappa shape index (κ3) is 6.63. The van der Waals surface area contributed by atoms with Gasteiger partial charge in [-0.2, -0.15) is 0 Å². The van der Waals surface area contributed by atoms with Crippen molar-refractivity contribution in [3.63, 3.8) is 0 Å². The Morgan fingerprint density at radius 2 is 1.86 bits per heavy atom. The number of ether oxygens (including phenoxy) is 2. The molecule has 1 aromatic carbocycles. The van der Waals surface area contributed by atoms with Crippen LogP contribution in [0, 0.1) is 0 Å². The van der Waals surface area contributed by atoms with Gasteiger partial charge in [0.1, 0.15) is 0 Å². The lowest BCUT2D eigenvalue weighted by Gasteiger charge is -2.22. The fraction of sp³-hybridized carbons (Fsp3) is 0.632. The summed E-state index contributed by atoms with van der Waals surface area (Å²) in [5.41, 5.74) is 0.991. The molecule has 0 saturated carbocycles. The lowest BCUT2D eigenvalue weighted by molar-refractivity contribution is -0.122. The van der Waals surface area contributed by atoms with Crippen LogP contribution in [0.2, 0.25) is 0 Å². The van der Waals surface area contributed by atoms with Crippen molar-refractivity contribution in [2.75, 3.05) is 37.8 Å². The number of sulfone groups is 1. The smallest absolute Gasteiger partial charge is 0.234 e. The van der Waals surface area contributed by atoms with Crippen molar-refractivity contribution in [3.05, 3.63) is 22.2 Å². The van der Waals surface area contributed by atoms with E-state index >= 15 is 0 Å². The molecule has 0 bridgehead atoms. The summed E-state index contributed by atoms with van der Waals surface area (Å²) in [5, 5.41) is 2.84. The Morgan fingerprint density at radius 1 is 1.21 bits per heavy atom. The van der Waals surface area contributed by atoms with Crippen LogP contribution in [0.25, 0.3) is 0 Å². The van der Waals surface area contributed by atoms with Crippen LogP contribution in [-0.2, 0) is 21.2 Å². The van der Waals surface area contributed by atoms with Crippen LogP contribution >= 0.6 is 15.9 Å². The van der Waals surface area contributed by atoms with Crippen LogP contribution in [0.3, 0.4) is 0 Å². The van der Waals surface area contributed by atoms with Gasteiger partial charge in [0, 0.05) is 17.1 Å². The monoisotopic (exact) mass is 476 g/mol. The molecule has 0 radical (unpaired) electrons. The quantitative estimate of drug-likeness (QED) is 0.557. The van der Waals surface area contributed by atoms with Crippen molar-refractivity contribution >= 4 is 31.7 Å². The minimum absolute atomic E-state index is 0.0347. The van der Waals surface area contributed by atoms with Crippen molar-refractivity contribution in [1.29, 1.82) is 0 Å². The number of hydrogen-bond acceptors (Lipinski definition) is 6. The van der Waals surface area contributed by atoms with Crippen molar-refractivity contribution in [2.45, 2.75) is 39.8 Å². The minimum atomic E-state index is -3.01. The zero-order valence-corrected chi connectivity index (χ0v) is 19.1. The summed E-state index contributed by atoms with van der Waals surface area (Å²) in [6.45, 7) is 8.35.